The first-order valence-electron chi connectivity index (χ1n) is 13.7. The topological polar surface area (TPSA) is 82.9 Å². The number of hydrogen-bond acceptors (Lipinski definition) is 6. The third-order valence-electron chi connectivity index (χ3n) is 7.37. The van der Waals surface area contributed by atoms with Crippen LogP contribution in [0, 0.1) is 24.2 Å². The second kappa shape index (κ2) is 12.7. The normalized spacial score (nSPS) is 19.2. The first-order valence-corrected chi connectivity index (χ1v) is 13.7. The minimum atomic E-state index is -0.887. The van der Waals surface area contributed by atoms with E-state index in [1.54, 1.807) is 26.5 Å². The zero-order chi connectivity index (χ0) is 28.8. The monoisotopic (exact) mass is 550 g/mol. The summed E-state index contributed by atoms with van der Waals surface area (Å²) in [6.45, 7) is 7.48. The predicted molar refractivity (Wildman–Crippen MR) is 158 cm³/mol. The highest BCUT2D eigenvalue weighted by Crippen LogP contribution is 2.33. The van der Waals surface area contributed by atoms with Crippen molar-refractivity contribution in [1.82, 2.24) is 24.7 Å². The van der Waals surface area contributed by atoms with Crippen LogP contribution < -0.4 is 15.0 Å². The molecule has 0 aliphatic carbocycles. The van der Waals surface area contributed by atoms with Gasteiger partial charge in [-0.25, -0.2) is 4.98 Å². The van der Waals surface area contributed by atoms with Crippen LogP contribution in [0.5, 0.6) is 5.75 Å². The lowest BCUT2D eigenvalue weighted by atomic mass is 10.1. The largest absolute Gasteiger partial charge is 0.486 e. The maximum Gasteiger partial charge on any atom is 0.272 e. The molecule has 0 bridgehead atoms. The summed E-state index contributed by atoms with van der Waals surface area (Å²) in [5, 5.41) is 2.83. The molecule has 0 spiro atoms. The number of aromatic nitrogens is 2. The number of nitrogens with one attached hydrogen (secondary N) is 1. The maximum atomic E-state index is 13.5. The molecule has 1 aromatic heterocycles. The second-order valence-electron chi connectivity index (χ2n) is 10.3. The van der Waals surface area contributed by atoms with Crippen molar-refractivity contribution in [2.75, 3.05) is 51.2 Å². The average molecular weight is 551 g/mol. The molecule has 2 aliphatic heterocycles. The molecule has 0 unspecified atom stereocenters. The Morgan fingerprint density at radius 2 is 1.83 bits per heavy atom. The van der Waals surface area contributed by atoms with Gasteiger partial charge in [-0.3, -0.25) is 19.4 Å². The van der Waals surface area contributed by atoms with E-state index >= 15 is 0 Å². The van der Waals surface area contributed by atoms with Gasteiger partial charge in [0.2, 0.25) is 0 Å². The Bertz CT molecular complexity index is 1490. The van der Waals surface area contributed by atoms with Gasteiger partial charge in [-0.05, 0) is 30.7 Å². The Morgan fingerprint density at radius 3 is 2.56 bits per heavy atom. The molecule has 9 nitrogen and oxygen atoms in total. The highest BCUT2D eigenvalue weighted by molar-refractivity contribution is 6.03. The number of terminal acetylenes is 1. The number of ether oxygens (including phenoxy) is 1. The van der Waals surface area contributed by atoms with Crippen LogP contribution in [0.1, 0.15) is 28.5 Å². The molecule has 1 saturated heterocycles. The quantitative estimate of drug-likeness (QED) is 0.474. The molecule has 1 fully saturated rings. The van der Waals surface area contributed by atoms with E-state index in [-0.39, 0.29) is 11.6 Å². The summed E-state index contributed by atoms with van der Waals surface area (Å²) in [5.74, 6) is 9.03. The molecule has 2 aliphatic rings. The van der Waals surface area contributed by atoms with Crippen molar-refractivity contribution >= 4 is 17.5 Å². The highest BCUT2D eigenvalue weighted by atomic mass is 16.5. The number of likely N-dealkylation sites (N-methyl/N-ethyl adjacent to an activating group) is 1. The number of imidazole rings is 1. The van der Waals surface area contributed by atoms with Gasteiger partial charge in [0.25, 0.3) is 11.8 Å². The van der Waals surface area contributed by atoms with Gasteiger partial charge in [0.05, 0.1) is 25.1 Å². The number of amides is 2. The zero-order valence-electron chi connectivity index (χ0n) is 23.4. The fourth-order valence-electron chi connectivity index (χ4n) is 4.99. The number of nitrogens with zero attached hydrogens (tertiary/aromatic N) is 5. The van der Waals surface area contributed by atoms with Crippen molar-refractivity contribution in [2.45, 2.75) is 25.6 Å². The SMILES string of the molecule is C#CCN1CCN(CC#Cc2ccc3c(c2)N(C)C(=O)[C@@H](NC(=O)c2cn(Cc4ccccc4)cn2)[C@@H](C)O3)CC1. The number of anilines is 1. The fourth-order valence-corrected chi connectivity index (χ4v) is 4.99. The van der Waals surface area contributed by atoms with Gasteiger partial charge in [-0.15, -0.1) is 6.42 Å². The first kappa shape index (κ1) is 28.0. The van der Waals surface area contributed by atoms with Crippen molar-refractivity contribution < 1.29 is 14.3 Å². The standard InChI is InChI=1S/C32H34N6O3/c1-4-14-36-16-18-37(19-17-36)15-8-11-25-12-13-29-28(20-25)35(3)32(40)30(24(2)41-29)34-31(39)27-22-38(23-33-27)21-26-9-6-5-7-10-26/h1,5-7,9-10,12-13,20,22-24,30H,14-19,21H2,2-3H3,(H,34,39)/t24-,30+/m1/s1. The first-order chi connectivity index (χ1) is 19.9. The molecule has 2 aromatic carbocycles. The van der Waals surface area contributed by atoms with E-state index in [1.807, 2.05) is 53.1 Å². The van der Waals surface area contributed by atoms with Crippen molar-refractivity contribution in [3.63, 3.8) is 0 Å². The number of fused-ring (bicyclic) bond motifs is 1. The maximum absolute atomic E-state index is 13.5. The molecule has 210 valence electrons. The fraction of sp³-hybridized carbons (Fsp3) is 0.344. The van der Waals surface area contributed by atoms with E-state index in [4.69, 9.17) is 11.2 Å². The molecule has 3 heterocycles. The molecule has 5 rings (SSSR count). The Kier molecular flexibility index (Phi) is 8.69. The van der Waals surface area contributed by atoms with Crippen LogP contribution in [0.3, 0.4) is 0 Å². The van der Waals surface area contributed by atoms with Crippen molar-refractivity contribution in [1.29, 1.82) is 0 Å². The molecule has 41 heavy (non-hydrogen) atoms. The molecule has 0 radical (unpaired) electrons. The highest BCUT2D eigenvalue weighted by Gasteiger charge is 2.36. The summed E-state index contributed by atoms with van der Waals surface area (Å²) < 4.78 is 7.97. The summed E-state index contributed by atoms with van der Waals surface area (Å²) in [5.41, 5.74) is 2.73. The summed E-state index contributed by atoms with van der Waals surface area (Å²) in [6, 6.07) is 14.6. The molecule has 3 aromatic rings. The lowest BCUT2D eigenvalue weighted by Gasteiger charge is -2.32. The van der Waals surface area contributed by atoms with E-state index in [1.165, 1.54) is 4.90 Å². The Balaban J connectivity index is 1.22. The molecule has 2 atom stereocenters. The molecular weight excluding hydrogens is 516 g/mol. The second-order valence-corrected chi connectivity index (χ2v) is 10.3. The van der Waals surface area contributed by atoms with E-state index < -0.39 is 18.1 Å². The Labute approximate surface area is 241 Å². The number of carbonyl (C=O) groups is 2. The lowest BCUT2D eigenvalue weighted by molar-refractivity contribution is -0.121. The molecule has 2 amide bonds. The third-order valence-corrected chi connectivity index (χ3v) is 7.37. The number of benzene rings is 2. The minimum absolute atomic E-state index is 0.236. The summed E-state index contributed by atoms with van der Waals surface area (Å²) in [6.07, 6.45) is 8.11. The van der Waals surface area contributed by atoms with Crippen molar-refractivity contribution in [2.24, 2.45) is 0 Å². The van der Waals surface area contributed by atoms with Crippen LogP contribution in [0.4, 0.5) is 5.69 Å². The van der Waals surface area contributed by atoms with E-state index in [2.05, 4.69) is 37.9 Å². The number of carbonyl (C=O) groups excluding carboxylic acids is 2. The van der Waals surface area contributed by atoms with Gasteiger partial charge in [0, 0.05) is 51.5 Å². The van der Waals surface area contributed by atoms with Crippen LogP contribution in [0.2, 0.25) is 0 Å². The van der Waals surface area contributed by atoms with Crippen LogP contribution >= 0.6 is 0 Å². The third kappa shape index (κ3) is 6.78. The molecular formula is C32H34N6O3. The number of rotatable bonds is 6. The Hall–Kier alpha value is -4.57. The summed E-state index contributed by atoms with van der Waals surface area (Å²) in [4.78, 5) is 36.9. The van der Waals surface area contributed by atoms with E-state index in [0.717, 1.165) is 37.3 Å². The van der Waals surface area contributed by atoms with Gasteiger partial charge in [-0.1, -0.05) is 48.1 Å². The lowest BCUT2D eigenvalue weighted by Crippen LogP contribution is -2.53. The van der Waals surface area contributed by atoms with Gasteiger partial charge >= 0.3 is 0 Å². The number of hydrogen-bond donors (Lipinski definition) is 1. The average Bonchev–Trinajstić information content (AvgIpc) is 3.43. The Morgan fingerprint density at radius 1 is 1.10 bits per heavy atom. The zero-order valence-corrected chi connectivity index (χ0v) is 23.4. The van der Waals surface area contributed by atoms with Gasteiger partial charge in [0.15, 0.2) is 0 Å². The molecule has 0 saturated carbocycles. The van der Waals surface area contributed by atoms with E-state index in [0.29, 0.717) is 31.1 Å². The van der Waals surface area contributed by atoms with Crippen molar-refractivity contribution in [3.05, 3.63) is 77.9 Å². The summed E-state index contributed by atoms with van der Waals surface area (Å²) in [7, 11) is 1.68. The van der Waals surface area contributed by atoms with Gasteiger partial charge in [0.1, 0.15) is 23.6 Å². The van der Waals surface area contributed by atoms with E-state index in [9.17, 15) is 9.59 Å². The van der Waals surface area contributed by atoms with Crippen molar-refractivity contribution in [3.8, 4) is 29.9 Å². The number of piperazine rings is 1. The predicted octanol–water partition coefficient (Wildman–Crippen LogP) is 2.08. The van der Waals surface area contributed by atoms with Crippen LogP contribution in [0.15, 0.2) is 61.1 Å². The smallest absolute Gasteiger partial charge is 0.272 e. The van der Waals surface area contributed by atoms with Gasteiger partial charge < -0.3 is 19.5 Å². The van der Waals surface area contributed by atoms with Crippen LogP contribution in [-0.4, -0.2) is 89.6 Å². The summed E-state index contributed by atoms with van der Waals surface area (Å²) >= 11 is 0. The van der Waals surface area contributed by atoms with Crippen LogP contribution in [-0.2, 0) is 11.3 Å². The van der Waals surface area contributed by atoms with Crippen LogP contribution in [0.25, 0.3) is 0 Å². The van der Waals surface area contributed by atoms with Gasteiger partial charge in [-0.2, -0.15) is 0 Å². The molecule has 9 heteroatoms. The molecule has 1 N–H and O–H groups in total. The minimum Gasteiger partial charge on any atom is -0.486 e.